The number of guanidine groups is 1. The first-order valence-corrected chi connectivity index (χ1v) is 16.1. The minimum atomic E-state index is -0.532. The molecule has 2 aromatic carbocycles. The highest BCUT2D eigenvalue weighted by Crippen LogP contribution is 2.22. The summed E-state index contributed by atoms with van der Waals surface area (Å²) in [7, 11) is 3.99. The van der Waals surface area contributed by atoms with Crippen LogP contribution in [0.1, 0.15) is 74.6 Å². The Balaban J connectivity index is 1.43. The third-order valence-electron chi connectivity index (χ3n) is 7.21. The quantitative estimate of drug-likeness (QED) is 0.0465. The van der Waals surface area contributed by atoms with Crippen LogP contribution in [-0.4, -0.2) is 70.6 Å². The molecule has 0 heterocycles. The highest BCUT2D eigenvalue weighted by molar-refractivity contribution is 5.94. The van der Waals surface area contributed by atoms with Gasteiger partial charge >= 0.3 is 0 Å². The van der Waals surface area contributed by atoms with Crippen molar-refractivity contribution in [2.45, 2.75) is 70.3 Å². The van der Waals surface area contributed by atoms with Crippen LogP contribution >= 0.6 is 0 Å². The summed E-state index contributed by atoms with van der Waals surface area (Å²) in [6.07, 6.45) is 10.1. The Morgan fingerprint density at radius 2 is 1.38 bits per heavy atom. The van der Waals surface area contributed by atoms with E-state index in [1.54, 1.807) is 12.1 Å². The topological polar surface area (TPSA) is 189 Å². The van der Waals surface area contributed by atoms with E-state index >= 15 is 0 Å². The molecule has 2 aromatic rings. The lowest BCUT2D eigenvalue weighted by atomic mass is 10.1. The van der Waals surface area contributed by atoms with Crippen molar-refractivity contribution in [3.05, 3.63) is 54.1 Å². The fourth-order valence-corrected chi connectivity index (χ4v) is 4.54. The van der Waals surface area contributed by atoms with Crippen LogP contribution in [0.2, 0.25) is 0 Å². The second-order valence-corrected chi connectivity index (χ2v) is 11.3. The van der Waals surface area contributed by atoms with Crippen molar-refractivity contribution in [3.63, 3.8) is 0 Å². The first-order valence-electron chi connectivity index (χ1n) is 16.1. The Morgan fingerprint density at radius 3 is 2.07 bits per heavy atom. The zero-order valence-corrected chi connectivity index (χ0v) is 27.1. The lowest BCUT2D eigenvalue weighted by molar-refractivity contribution is -0.122. The zero-order chi connectivity index (χ0) is 32.7. The summed E-state index contributed by atoms with van der Waals surface area (Å²) in [4.78, 5) is 30.5. The van der Waals surface area contributed by atoms with Gasteiger partial charge in [0, 0.05) is 45.0 Å². The minimum absolute atomic E-state index is 0.0536. The molecule has 12 nitrogen and oxygen atoms in total. The van der Waals surface area contributed by atoms with Crippen LogP contribution in [0.3, 0.4) is 0 Å². The van der Waals surface area contributed by atoms with E-state index < -0.39 is 6.04 Å². The first-order chi connectivity index (χ1) is 21.8. The molecule has 2 rings (SSSR count). The van der Waals surface area contributed by atoms with Crippen LogP contribution in [0.15, 0.2) is 63.8 Å². The van der Waals surface area contributed by atoms with E-state index in [9.17, 15) is 9.59 Å². The number of unbranched alkanes of at least 4 members (excludes halogenated alkanes) is 6. The molecule has 0 aliphatic heterocycles. The highest BCUT2D eigenvalue weighted by Gasteiger charge is 2.12. The van der Waals surface area contributed by atoms with Gasteiger partial charge in [-0.2, -0.15) is 10.2 Å². The number of benzene rings is 2. The molecule has 0 fully saturated rings. The molecule has 0 radical (unpaired) electrons. The van der Waals surface area contributed by atoms with Crippen LogP contribution < -0.4 is 38.1 Å². The Morgan fingerprint density at radius 1 is 0.756 bits per heavy atom. The van der Waals surface area contributed by atoms with Gasteiger partial charge in [-0.25, -0.2) is 0 Å². The number of nitrogens with zero attached hydrogens (tertiary/aromatic N) is 4. The molecule has 0 aliphatic carbocycles. The van der Waals surface area contributed by atoms with Gasteiger partial charge in [-0.05, 0) is 87.7 Å². The number of carbonyl (C=O) groups excluding carboxylic acids is 2. The van der Waals surface area contributed by atoms with Crippen molar-refractivity contribution in [3.8, 4) is 0 Å². The van der Waals surface area contributed by atoms with Crippen molar-refractivity contribution >= 4 is 34.8 Å². The van der Waals surface area contributed by atoms with E-state index in [1.165, 1.54) is 25.7 Å². The van der Waals surface area contributed by atoms with Crippen LogP contribution in [0.4, 0.5) is 17.1 Å². The Labute approximate surface area is 268 Å². The van der Waals surface area contributed by atoms with Gasteiger partial charge in [0.1, 0.15) is 0 Å². The molecule has 0 saturated carbocycles. The minimum Gasteiger partial charge on any atom is -0.378 e. The molecule has 12 heteroatoms. The fourth-order valence-electron chi connectivity index (χ4n) is 4.54. The van der Waals surface area contributed by atoms with Gasteiger partial charge in [-0.3, -0.25) is 14.6 Å². The van der Waals surface area contributed by atoms with Gasteiger partial charge in [0.2, 0.25) is 5.91 Å². The van der Waals surface area contributed by atoms with Gasteiger partial charge in [-0.1, -0.05) is 38.2 Å². The zero-order valence-electron chi connectivity index (χ0n) is 27.1. The van der Waals surface area contributed by atoms with Gasteiger partial charge in [0.15, 0.2) is 5.96 Å². The molecule has 0 saturated heterocycles. The summed E-state index contributed by atoms with van der Waals surface area (Å²) in [5, 5.41) is 17.9. The van der Waals surface area contributed by atoms with Crippen LogP contribution in [0.5, 0.6) is 0 Å². The van der Waals surface area contributed by atoms with E-state index in [2.05, 4.69) is 31.2 Å². The monoisotopic (exact) mass is 622 g/mol. The number of rotatable bonds is 23. The van der Waals surface area contributed by atoms with Crippen LogP contribution in [0.25, 0.3) is 0 Å². The van der Waals surface area contributed by atoms with E-state index in [0.717, 1.165) is 50.1 Å². The van der Waals surface area contributed by atoms with Gasteiger partial charge in [0.05, 0.1) is 17.4 Å². The van der Waals surface area contributed by atoms with Gasteiger partial charge < -0.3 is 38.1 Å². The van der Waals surface area contributed by atoms with Crippen LogP contribution in [0, 0.1) is 0 Å². The number of hydrogen-bond donors (Lipinski definition) is 6. The average Bonchev–Trinajstić information content (AvgIpc) is 3.03. The standard InChI is InChI=1S/C33H54N10O2/c1-43(2)29-18-16-27(17-19-29)41-42-28-14-10-13-26(25-28)31(44)38-22-9-7-5-3-4-6-8-20-37-21-12-24-39-32(45)30(34)15-11-23-40-33(35)36/h10,13-14,16-19,25,30,37H,3-9,11-12,15,20-24,34H2,1-2H3,(H,38,44)(H,39,45)(H4,35,36,40)/t30-/m0/s1. The average molecular weight is 623 g/mol. The molecule has 0 unspecified atom stereocenters. The summed E-state index contributed by atoms with van der Waals surface area (Å²) < 4.78 is 0. The second kappa shape index (κ2) is 22.5. The lowest BCUT2D eigenvalue weighted by Crippen LogP contribution is -2.41. The van der Waals surface area contributed by atoms with Crippen LogP contribution in [-0.2, 0) is 4.79 Å². The molecular formula is C33H54N10O2. The second-order valence-electron chi connectivity index (χ2n) is 11.3. The third-order valence-corrected chi connectivity index (χ3v) is 7.21. The SMILES string of the molecule is CN(C)c1ccc(N=Nc2cccc(C(=O)NCCCCCCCCCNCCCNC(=O)[C@@H](N)CCCN=C(N)N)c2)cc1. The molecule has 1 atom stereocenters. The predicted molar refractivity (Wildman–Crippen MR) is 184 cm³/mol. The highest BCUT2D eigenvalue weighted by atomic mass is 16.2. The number of aliphatic imine (C=N–C) groups is 1. The molecule has 0 aromatic heterocycles. The normalized spacial score (nSPS) is 11.7. The molecule has 0 bridgehead atoms. The third kappa shape index (κ3) is 17.1. The summed E-state index contributed by atoms with van der Waals surface area (Å²) in [5.41, 5.74) is 19.5. The van der Waals surface area contributed by atoms with Crippen molar-refractivity contribution in [1.82, 2.24) is 16.0 Å². The lowest BCUT2D eigenvalue weighted by Gasteiger charge is -2.12. The van der Waals surface area contributed by atoms with Crippen molar-refractivity contribution in [1.29, 1.82) is 0 Å². The maximum absolute atomic E-state index is 12.6. The molecule has 45 heavy (non-hydrogen) atoms. The summed E-state index contributed by atoms with van der Waals surface area (Å²) in [6.45, 7) is 3.61. The predicted octanol–water partition coefficient (Wildman–Crippen LogP) is 4.11. The molecule has 0 spiro atoms. The largest absolute Gasteiger partial charge is 0.378 e. The molecule has 0 aliphatic rings. The van der Waals surface area contributed by atoms with Crippen molar-refractivity contribution in [2.75, 3.05) is 51.7 Å². The number of amides is 2. The van der Waals surface area contributed by atoms with Crippen molar-refractivity contribution < 1.29 is 9.59 Å². The molecule has 9 N–H and O–H groups in total. The number of carbonyl (C=O) groups is 2. The number of hydrogen-bond acceptors (Lipinski definition) is 8. The fraction of sp³-hybridized carbons (Fsp3) is 0.545. The Kier molecular flexibility index (Phi) is 18.6. The van der Waals surface area contributed by atoms with E-state index in [4.69, 9.17) is 17.2 Å². The van der Waals surface area contributed by atoms with Crippen molar-refractivity contribution in [2.24, 2.45) is 32.4 Å². The number of nitrogens with one attached hydrogen (secondary N) is 3. The van der Waals surface area contributed by atoms with E-state index in [0.29, 0.717) is 43.7 Å². The Hall–Kier alpha value is -4.03. The van der Waals surface area contributed by atoms with E-state index in [-0.39, 0.29) is 17.8 Å². The number of azo groups is 1. The smallest absolute Gasteiger partial charge is 0.251 e. The molecular weight excluding hydrogens is 568 g/mol. The molecule has 2 amide bonds. The Bertz CT molecular complexity index is 1180. The maximum Gasteiger partial charge on any atom is 0.251 e. The number of nitrogens with two attached hydrogens (primary N) is 3. The van der Waals surface area contributed by atoms with Gasteiger partial charge in [0.25, 0.3) is 5.91 Å². The van der Waals surface area contributed by atoms with Gasteiger partial charge in [-0.15, -0.1) is 0 Å². The van der Waals surface area contributed by atoms with E-state index in [1.807, 2.05) is 55.4 Å². The maximum atomic E-state index is 12.6. The number of anilines is 1. The summed E-state index contributed by atoms with van der Waals surface area (Å²) in [6, 6.07) is 14.5. The summed E-state index contributed by atoms with van der Waals surface area (Å²) >= 11 is 0. The first kappa shape index (κ1) is 37.2. The molecule has 248 valence electrons. The summed E-state index contributed by atoms with van der Waals surface area (Å²) in [5.74, 6) is -0.163.